The normalized spacial score (nSPS) is 11.6. The van der Waals surface area contributed by atoms with Crippen molar-refractivity contribution in [3.63, 3.8) is 0 Å². The van der Waals surface area contributed by atoms with Gasteiger partial charge in [0, 0.05) is 11.8 Å². The Morgan fingerprint density at radius 2 is 2.09 bits per heavy atom. The van der Waals surface area contributed by atoms with Crippen molar-refractivity contribution in [2.24, 2.45) is 0 Å². The van der Waals surface area contributed by atoms with Crippen LogP contribution in [0, 0.1) is 5.82 Å². The summed E-state index contributed by atoms with van der Waals surface area (Å²) in [6.45, 7) is 2.15. The Hall–Kier alpha value is -1.41. The molecule has 22 heavy (non-hydrogen) atoms. The molecular weight excluding hydrogens is 373 g/mol. The lowest BCUT2D eigenvalue weighted by Gasteiger charge is -2.05. The lowest BCUT2D eigenvalue weighted by molar-refractivity contribution is 0.584. The largest absolute Gasteiger partial charge is 0.265 e. The van der Waals surface area contributed by atoms with E-state index in [1.54, 1.807) is 24.4 Å². The summed E-state index contributed by atoms with van der Waals surface area (Å²) in [5.74, 6) is -0.0533. The average Bonchev–Trinajstić information content (AvgIpc) is 2.78. The summed E-state index contributed by atoms with van der Waals surface area (Å²) in [7, 11) is -3.42. The zero-order valence-electron chi connectivity index (χ0n) is 12.1. The number of unbranched alkanes of at least 4 members (excludes halogenated alkanes) is 1. The molecule has 0 saturated heterocycles. The molecule has 0 aliphatic carbocycles. The van der Waals surface area contributed by atoms with Gasteiger partial charge in [0.1, 0.15) is 5.82 Å². The maximum absolute atomic E-state index is 13.6. The van der Waals surface area contributed by atoms with Crippen LogP contribution in [0.3, 0.4) is 0 Å². The van der Waals surface area contributed by atoms with Crippen LogP contribution in [0.15, 0.2) is 34.9 Å². The SMILES string of the molecule is CCCCS(=O)(=O)Nc1nn(Cc2ccccc2F)cc1Br. The van der Waals surface area contributed by atoms with Crippen LogP contribution in [0.5, 0.6) is 0 Å². The molecule has 0 spiro atoms. The van der Waals surface area contributed by atoms with Crippen LogP contribution >= 0.6 is 15.9 Å². The number of rotatable bonds is 7. The number of halogens is 2. The van der Waals surface area contributed by atoms with Gasteiger partial charge < -0.3 is 0 Å². The summed E-state index contributed by atoms with van der Waals surface area (Å²) in [6, 6.07) is 6.40. The lowest BCUT2D eigenvalue weighted by Crippen LogP contribution is -2.17. The number of hydrogen-bond donors (Lipinski definition) is 1. The Morgan fingerprint density at radius 1 is 1.36 bits per heavy atom. The molecule has 0 unspecified atom stereocenters. The van der Waals surface area contributed by atoms with E-state index in [-0.39, 0.29) is 23.9 Å². The van der Waals surface area contributed by atoms with E-state index < -0.39 is 10.0 Å². The highest BCUT2D eigenvalue weighted by molar-refractivity contribution is 9.10. The lowest BCUT2D eigenvalue weighted by atomic mass is 10.2. The van der Waals surface area contributed by atoms with Crippen molar-refractivity contribution >= 4 is 31.8 Å². The third kappa shape index (κ3) is 4.54. The number of hydrogen-bond acceptors (Lipinski definition) is 3. The summed E-state index contributed by atoms with van der Waals surface area (Å²) in [4.78, 5) is 0. The molecule has 0 amide bonds. The summed E-state index contributed by atoms with van der Waals surface area (Å²) < 4.78 is 41.9. The van der Waals surface area contributed by atoms with Crippen molar-refractivity contribution < 1.29 is 12.8 Å². The molecule has 1 heterocycles. The van der Waals surface area contributed by atoms with Crippen molar-refractivity contribution in [1.29, 1.82) is 0 Å². The van der Waals surface area contributed by atoms with Crippen molar-refractivity contribution in [1.82, 2.24) is 9.78 Å². The van der Waals surface area contributed by atoms with Crippen molar-refractivity contribution in [2.45, 2.75) is 26.3 Å². The standard InChI is InChI=1S/C14H17BrFN3O2S/c1-2-3-8-22(20,21)18-14-12(15)10-19(17-14)9-11-6-4-5-7-13(11)16/h4-7,10H,2-3,8-9H2,1H3,(H,17,18). The van der Waals surface area contributed by atoms with Gasteiger partial charge in [-0.05, 0) is 28.4 Å². The van der Waals surface area contributed by atoms with Gasteiger partial charge in [-0.2, -0.15) is 5.10 Å². The van der Waals surface area contributed by atoms with Crippen molar-refractivity contribution in [3.8, 4) is 0 Å². The Bertz CT molecular complexity index is 746. The molecule has 1 N–H and O–H groups in total. The average molecular weight is 390 g/mol. The van der Waals surface area contributed by atoms with Gasteiger partial charge in [0.15, 0.2) is 5.82 Å². The molecule has 0 radical (unpaired) electrons. The second kappa shape index (κ2) is 7.23. The number of nitrogens with zero attached hydrogens (tertiary/aromatic N) is 2. The molecule has 0 bridgehead atoms. The van der Waals surface area contributed by atoms with Gasteiger partial charge in [0.05, 0.1) is 16.8 Å². The number of benzene rings is 1. The first kappa shape index (κ1) is 17.0. The Balaban J connectivity index is 2.13. The molecular formula is C14H17BrFN3O2S. The highest BCUT2D eigenvalue weighted by Gasteiger charge is 2.15. The van der Waals surface area contributed by atoms with Crippen LogP contribution in [0.2, 0.25) is 0 Å². The highest BCUT2D eigenvalue weighted by Crippen LogP contribution is 2.22. The van der Waals surface area contributed by atoms with Gasteiger partial charge in [0.2, 0.25) is 10.0 Å². The van der Waals surface area contributed by atoms with E-state index in [2.05, 4.69) is 25.8 Å². The number of nitrogens with one attached hydrogen (secondary N) is 1. The molecule has 0 aliphatic rings. The van der Waals surface area contributed by atoms with Crippen molar-refractivity contribution in [3.05, 3.63) is 46.3 Å². The molecule has 2 rings (SSSR count). The van der Waals surface area contributed by atoms with Crippen LogP contribution < -0.4 is 4.72 Å². The quantitative estimate of drug-likeness (QED) is 0.789. The van der Waals surface area contributed by atoms with Gasteiger partial charge in [-0.3, -0.25) is 9.40 Å². The molecule has 1 aromatic carbocycles. The minimum absolute atomic E-state index is 0.0517. The minimum Gasteiger partial charge on any atom is -0.265 e. The summed E-state index contributed by atoms with van der Waals surface area (Å²) >= 11 is 3.27. The monoisotopic (exact) mass is 389 g/mol. The summed E-state index contributed by atoms with van der Waals surface area (Å²) in [5.41, 5.74) is 0.484. The van der Waals surface area contributed by atoms with Crippen LogP contribution in [-0.4, -0.2) is 24.0 Å². The minimum atomic E-state index is -3.42. The van der Waals surface area contributed by atoms with E-state index >= 15 is 0 Å². The first-order valence-corrected chi connectivity index (χ1v) is 9.32. The molecule has 5 nitrogen and oxygen atoms in total. The van der Waals surface area contributed by atoms with Crippen molar-refractivity contribution in [2.75, 3.05) is 10.5 Å². The molecule has 1 aromatic heterocycles. The molecule has 120 valence electrons. The molecule has 0 fully saturated rings. The van der Waals surface area contributed by atoms with E-state index in [1.807, 2.05) is 6.92 Å². The number of sulfonamides is 1. The van der Waals surface area contributed by atoms with Gasteiger partial charge in [-0.25, -0.2) is 12.8 Å². The second-order valence-corrected chi connectivity index (χ2v) is 7.59. The van der Waals surface area contributed by atoms with Gasteiger partial charge in [-0.1, -0.05) is 31.5 Å². The van der Waals surface area contributed by atoms with Crippen LogP contribution in [-0.2, 0) is 16.6 Å². The molecule has 0 atom stereocenters. The Labute approximate surface area is 137 Å². The zero-order valence-corrected chi connectivity index (χ0v) is 14.5. The third-order valence-electron chi connectivity index (χ3n) is 3.03. The third-order valence-corrected chi connectivity index (χ3v) is 4.94. The summed E-state index contributed by atoms with van der Waals surface area (Å²) in [5, 5.41) is 4.15. The van der Waals surface area contributed by atoms with Crippen LogP contribution in [0.25, 0.3) is 0 Å². The fraction of sp³-hybridized carbons (Fsp3) is 0.357. The predicted molar refractivity (Wildman–Crippen MR) is 87.7 cm³/mol. The predicted octanol–water partition coefficient (Wildman–Crippen LogP) is 3.37. The maximum Gasteiger partial charge on any atom is 0.233 e. The Kier molecular flexibility index (Phi) is 5.57. The molecule has 2 aromatic rings. The number of anilines is 1. The van der Waals surface area contributed by atoms with Crippen LogP contribution in [0.4, 0.5) is 10.2 Å². The molecule has 8 heteroatoms. The van der Waals surface area contributed by atoms with Crippen LogP contribution in [0.1, 0.15) is 25.3 Å². The summed E-state index contributed by atoms with van der Waals surface area (Å²) in [6.07, 6.45) is 3.00. The van der Waals surface area contributed by atoms with E-state index in [0.29, 0.717) is 16.5 Å². The second-order valence-electron chi connectivity index (χ2n) is 4.89. The first-order chi connectivity index (χ1) is 10.4. The smallest absolute Gasteiger partial charge is 0.233 e. The fourth-order valence-electron chi connectivity index (χ4n) is 1.88. The van der Waals surface area contributed by atoms with Gasteiger partial charge in [-0.15, -0.1) is 0 Å². The topological polar surface area (TPSA) is 64.0 Å². The van der Waals surface area contributed by atoms with E-state index in [9.17, 15) is 12.8 Å². The fourth-order valence-corrected chi connectivity index (χ4v) is 3.64. The van der Waals surface area contributed by atoms with E-state index in [4.69, 9.17) is 0 Å². The number of aromatic nitrogens is 2. The first-order valence-electron chi connectivity index (χ1n) is 6.88. The maximum atomic E-state index is 13.6. The highest BCUT2D eigenvalue weighted by atomic mass is 79.9. The Morgan fingerprint density at radius 3 is 2.77 bits per heavy atom. The molecule has 0 aliphatic heterocycles. The van der Waals surface area contributed by atoms with E-state index in [0.717, 1.165) is 6.42 Å². The molecule has 0 saturated carbocycles. The van der Waals surface area contributed by atoms with Gasteiger partial charge in [0.25, 0.3) is 0 Å². The van der Waals surface area contributed by atoms with E-state index in [1.165, 1.54) is 10.7 Å². The zero-order chi connectivity index (χ0) is 16.2. The van der Waals surface area contributed by atoms with Gasteiger partial charge >= 0.3 is 0 Å².